The molecule has 1 rings (SSSR count). The molecule has 0 saturated heterocycles. The van der Waals surface area contributed by atoms with Gasteiger partial charge < -0.3 is 5.11 Å². The highest BCUT2D eigenvalue weighted by Crippen LogP contribution is 2.27. The fourth-order valence-electron chi connectivity index (χ4n) is 0.777. The lowest BCUT2D eigenvalue weighted by molar-refractivity contribution is 0.0696. The van der Waals surface area contributed by atoms with Gasteiger partial charge in [0.25, 0.3) is 6.43 Å². The SMILES string of the molecule is O=C(O)c1ccnc(C(F)F)c1Cl. The summed E-state index contributed by atoms with van der Waals surface area (Å²) < 4.78 is 24.3. The summed E-state index contributed by atoms with van der Waals surface area (Å²) in [5, 5.41) is 8.01. The number of carboxylic acid groups (broad SMARTS) is 1. The Morgan fingerprint density at radius 3 is 2.69 bits per heavy atom. The zero-order valence-corrected chi connectivity index (χ0v) is 6.92. The number of hydrogen-bond acceptors (Lipinski definition) is 2. The molecule has 1 N–H and O–H groups in total. The molecule has 3 nitrogen and oxygen atoms in total. The van der Waals surface area contributed by atoms with Crippen LogP contribution in [0.4, 0.5) is 8.78 Å². The van der Waals surface area contributed by atoms with Crippen molar-refractivity contribution in [1.29, 1.82) is 0 Å². The standard InChI is InChI=1S/C7H4ClF2NO2/c8-4-3(7(12)13)1-2-11-5(4)6(9)10/h1-2,6H,(H,12,13). The summed E-state index contributed by atoms with van der Waals surface area (Å²) in [6.45, 7) is 0. The summed E-state index contributed by atoms with van der Waals surface area (Å²) in [7, 11) is 0. The van der Waals surface area contributed by atoms with E-state index in [1.165, 1.54) is 0 Å². The highest BCUT2D eigenvalue weighted by atomic mass is 35.5. The van der Waals surface area contributed by atoms with Crippen LogP contribution in [0.5, 0.6) is 0 Å². The van der Waals surface area contributed by atoms with Crippen molar-refractivity contribution < 1.29 is 18.7 Å². The number of alkyl halides is 2. The molecule has 0 aliphatic carbocycles. The Kier molecular flexibility index (Phi) is 2.77. The minimum Gasteiger partial charge on any atom is -0.478 e. The molecule has 1 aromatic rings. The first-order valence-electron chi connectivity index (χ1n) is 3.20. The highest BCUT2D eigenvalue weighted by molar-refractivity contribution is 6.34. The van der Waals surface area contributed by atoms with Gasteiger partial charge in [-0.2, -0.15) is 0 Å². The Bertz CT molecular complexity index is 343. The van der Waals surface area contributed by atoms with Crippen molar-refractivity contribution in [1.82, 2.24) is 4.98 Å². The summed E-state index contributed by atoms with van der Waals surface area (Å²) in [6, 6.07) is 1.07. The maximum Gasteiger partial charge on any atom is 0.337 e. The average molecular weight is 208 g/mol. The molecular weight excluding hydrogens is 204 g/mol. The van der Waals surface area contributed by atoms with Gasteiger partial charge in [0, 0.05) is 6.20 Å². The molecular formula is C7H4ClF2NO2. The third-order valence-electron chi connectivity index (χ3n) is 1.35. The summed E-state index contributed by atoms with van der Waals surface area (Å²) >= 11 is 5.38. The summed E-state index contributed by atoms with van der Waals surface area (Å²) in [4.78, 5) is 13.7. The van der Waals surface area contributed by atoms with Crippen molar-refractivity contribution in [3.63, 3.8) is 0 Å². The first-order valence-corrected chi connectivity index (χ1v) is 3.57. The summed E-state index contributed by atoms with van der Waals surface area (Å²) in [6.07, 6.45) is -1.89. The number of halogens is 3. The lowest BCUT2D eigenvalue weighted by Gasteiger charge is -2.03. The van der Waals surface area contributed by atoms with Gasteiger partial charge in [-0.25, -0.2) is 13.6 Å². The number of hydrogen-bond donors (Lipinski definition) is 1. The first kappa shape index (κ1) is 9.85. The van der Waals surface area contributed by atoms with Crippen LogP contribution in [-0.4, -0.2) is 16.1 Å². The zero-order valence-electron chi connectivity index (χ0n) is 6.17. The third-order valence-corrected chi connectivity index (χ3v) is 1.75. The van der Waals surface area contributed by atoms with Crippen LogP contribution in [0, 0.1) is 0 Å². The van der Waals surface area contributed by atoms with Crippen LogP contribution >= 0.6 is 11.6 Å². The summed E-state index contributed by atoms with van der Waals surface area (Å²) in [5.41, 5.74) is -1.08. The Hall–Kier alpha value is -1.23. The minimum atomic E-state index is -2.87. The molecule has 70 valence electrons. The molecule has 0 amide bonds. The van der Waals surface area contributed by atoms with Crippen molar-refractivity contribution in [2.75, 3.05) is 0 Å². The van der Waals surface area contributed by atoms with Crippen molar-refractivity contribution in [3.8, 4) is 0 Å². The molecule has 1 heterocycles. The Balaban J connectivity index is 3.26. The largest absolute Gasteiger partial charge is 0.478 e. The smallest absolute Gasteiger partial charge is 0.337 e. The molecule has 0 fully saturated rings. The number of aromatic nitrogens is 1. The average Bonchev–Trinajstić information content (AvgIpc) is 2.03. The van der Waals surface area contributed by atoms with Gasteiger partial charge in [0.2, 0.25) is 0 Å². The molecule has 0 aliphatic heterocycles. The molecule has 6 heteroatoms. The lowest BCUT2D eigenvalue weighted by atomic mass is 10.2. The second-order valence-electron chi connectivity index (χ2n) is 2.16. The Labute approximate surface area is 77.0 Å². The number of nitrogens with zero attached hydrogens (tertiary/aromatic N) is 1. The Morgan fingerprint density at radius 2 is 2.23 bits per heavy atom. The maximum absolute atomic E-state index is 12.1. The lowest BCUT2D eigenvalue weighted by Crippen LogP contribution is -2.02. The van der Waals surface area contributed by atoms with Gasteiger partial charge in [-0.15, -0.1) is 0 Å². The van der Waals surface area contributed by atoms with E-state index in [4.69, 9.17) is 16.7 Å². The molecule has 0 aliphatic rings. The van der Waals surface area contributed by atoms with Crippen LogP contribution < -0.4 is 0 Å². The molecule has 1 aromatic heterocycles. The van der Waals surface area contributed by atoms with Gasteiger partial charge in [-0.05, 0) is 6.07 Å². The topological polar surface area (TPSA) is 50.2 Å². The van der Waals surface area contributed by atoms with E-state index in [2.05, 4.69) is 4.98 Å². The number of carboxylic acids is 1. The van der Waals surface area contributed by atoms with Crippen LogP contribution in [0.25, 0.3) is 0 Å². The van der Waals surface area contributed by atoms with Crippen molar-refractivity contribution in [2.24, 2.45) is 0 Å². The van der Waals surface area contributed by atoms with E-state index in [1.807, 2.05) is 0 Å². The maximum atomic E-state index is 12.1. The summed E-state index contributed by atoms with van der Waals surface area (Å²) in [5.74, 6) is -1.35. The van der Waals surface area contributed by atoms with Crippen molar-refractivity contribution >= 4 is 17.6 Å². The van der Waals surface area contributed by atoms with Crippen LogP contribution in [0.3, 0.4) is 0 Å². The minimum absolute atomic E-state index is 0.369. The third kappa shape index (κ3) is 1.92. The predicted molar refractivity (Wildman–Crippen MR) is 41.2 cm³/mol. The van der Waals surface area contributed by atoms with Gasteiger partial charge >= 0.3 is 5.97 Å². The van der Waals surface area contributed by atoms with Gasteiger partial charge in [-0.1, -0.05) is 11.6 Å². The van der Waals surface area contributed by atoms with E-state index in [1.54, 1.807) is 0 Å². The van der Waals surface area contributed by atoms with Crippen LogP contribution in [0.1, 0.15) is 22.5 Å². The van der Waals surface area contributed by atoms with Gasteiger partial charge in [0.05, 0.1) is 10.6 Å². The second kappa shape index (κ2) is 3.66. The monoisotopic (exact) mass is 207 g/mol. The van der Waals surface area contributed by atoms with E-state index in [-0.39, 0.29) is 5.56 Å². The normalized spacial score (nSPS) is 10.5. The van der Waals surface area contributed by atoms with E-state index in [0.29, 0.717) is 0 Å². The van der Waals surface area contributed by atoms with E-state index < -0.39 is 23.1 Å². The fraction of sp³-hybridized carbons (Fsp3) is 0.143. The van der Waals surface area contributed by atoms with Crippen molar-refractivity contribution in [3.05, 3.63) is 28.5 Å². The van der Waals surface area contributed by atoms with Gasteiger partial charge in [-0.3, -0.25) is 4.98 Å². The second-order valence-corrected chi connectivity index (χ2v) is 2.54. The number of aromatic carboxylic acids is 1. The number of rotatable bonds is 2. The van der Waals surface area contributed by atoms with Crippen LogP contribution in [0.2, 0.25) is 5.02 Å². The molecule has 0 unspecified atom stereocenters. The number of carbonyl (C=O) groups is 1. The van der Waals surface area contributed by atoms with Gasteiger partial charge in [0.15, 0.2) is 0 Å². The molecule has 13 heavy (non-hydrogen) atoms. The molecule has 0 spiro atoms. The predicted octanol–water partition coefficient (Wildman–Crippen LogP) is 2.37. The Morgan fingerprint density at radius 1 is 1.62 bits per heavy atom. The molecule has 0 bridgehead atoms. The molecule has 0 saturated carbocycles. The fourth-order valence-corrected chi connectivity index (χ4v) is 1.05. The molecule has 0 aromatic carbocycles. The molecule has 0 radical (unpaired) electrons. The van der Waals surface area contributed by atoms with Gasteiger partial charge in [0.1, 0.15) is 5.69 Å². The van der Waals surface area contributed by atoms with E-state index in [0.717, 1.165) is 12.3 Å². The highest BCUT2D eigenvalue weighted by Gasteiger charge is 2.19. The molecule has 0 atom stereocenters. The van der Waals surface area contributed by atoms with E-state index >= 15 is 0 Å². The zero-order chi connectivity index (χ0) is 10.0. The quantitative estimate of drug-likeness (QED) is 0.810. The van der Waals surface area contributed by atoms with Crippen molar-refractivity contribution in [2.45, 2.75) is 6.43 Å². The van der Waals surface area contributed by atoms with Crippen LogP contribution in [0.15, 0.2) is 12.3 Å². The van der Waals surface area contributed by atoms with E-state index in [9.17, 15) is 13.6 Å². The van der Waals surface area contributed by atoms with Crippen LogP contribution in [-0.2, 0) is 0 Å². The number of pyridine rings is 1. The first-order chi connectivity index (χ1) is 6.04.